The quantitative estimate of drug-likeness (QED) is 0.858. The largest absolute Gasteiger partial charge is 0.388 e. The summed E-state index contributed by atoms with van der Waals surface area (Å²) in [5, 5.41) is 10.2. The van der Waals surface area contributed by atoms with Crippen molar-refractivity contribution in [3.8, 4) is 0 Å². The fraction of sp³-hybridized carbons (Fsp3) is 0.474. The van der Waals surface area contributed by atoms with E-state index in [-0.39, 0.29) is 5.82 Å². The molecule has 2 aromatic rings. The summed E-state index contributed by atoms with van der Waals surface area (Å²) in [5.74, 6) is -0.103. The Labute approximate surface area is 151 Å². The first-order valence-corrected chi connectivity index (χ1v) is 9.02. The van der Waals surface area contributed by atoms with Crippen molar-refractivity contribution in [1.82, 2.24) is 14.9 Å². The summed E-state index contributed by atoms with van der Waals surface area (Å²) in [4.78, 5) is 12.8. The number of aliphatic hydroxyl groups excluding tert-OH is 1. The Hall–Kier alpha value is -2.12. The monoisotopic (exact) mass is 360 g/mol. The van der Waals surface area contributed by atoms with Crippen molar-refractivity contribution in [3.63, 3.8) is 0 Å². The molecule has 0 aliphatic carbocycles. The summed E-state index contributed by atoms with van der Waals surface area (Å²) in [5.41, 5.74) is 0.758. The second kappa shape index (κ2) is 7.25. The van der Waals surface area contributed by atoms with E-state index >= 15 is 0 Å². The maximum Gasteiger partial charge on any atom is 0.225 e. The minimum atomic E-state index is -0.556. The molecule has 0 radical (unpaired) electrons. The Morgan fingerprint density at radius 2 is 1.77 bits per heavy atom. The van der Waals surface area contributed by atoms with Gasteiger partial charge >= 0.3 is 0 Å². The van der Waals surface area contributed by atoms with Crippen LogP contribution in [0.1, 0.15) is 30.9 Å². The molecule has 138 valence electrons. The molecule has 1 N–H and O–H groups in total. The highest BCUT2D eigenvalue weighted by Gasteiger charge is 2.43. The van der Waals surface area contributed by atoms with Crippen LogP contribution in [0.2, 0.25) is 0 Å². The van der Waals surface area contributed by atoms with Crippen LogP contribution >= 0.6 is 0 Å². The van der Waals surface area contributed by atoms with Crippen LogP contribution in [0.25, 0.3) is 0 Å². The maximum atomic E-state index is 13.0. The first kappa shape index (κ1) is 17.3. The standard InChI is InChI=1S/C19H22F2N4O/c20-14-5-3-13(4-6-14)18(26)2-1-7-24-11-17-8-16(24)12-25(17)19-22-9-15(21)10-23-19/h3-6,9-10,16-18,26H,1-2,7-8,11-12H2/t16-,17-,18?/m1/s1. The number of aliphatic hydroxyl groups is 1. The fourth-order valence-electron chi connectivity index (χ4n) is 4.06. The van der Waals surface area contributed by atoms with Gasteiger partial charge in [-0.05, 0) is 43.5 Å². The van der Waals surface area contributed by atoms with E-state index in [0.717, 1.165) is 38.0 Å². The number of aromatic nitrogens is 2. The lowest BCUT2D eigenvalue weighted by Crippen LogP contribution is -2.47. The zero-order chi connectivity index (χ0) is 18.1. The molecular weight excluding hydrogens is 338 g/mol. The van der Waals surface area contributed by atoms with E-state index in [9.17, 15) is 13.9 Å². The van der Waals surface area contributed by atoms with Gasteiger partial charge in [0.05, 0.1) is 18.5 Å². The molecule has 4 rings (SSSR count). The first-order chi connectivity index (χ1) is 12.6. The fourth-order valence-corrected chi connectivity index (χ4v) is 4.06. The SMILES string of the molecule is OC(CCCN1C[C@H]2C[C@@H]1CN2c1ncc(F)cn1)c1ccc(F)cc1. The van der Waals surface area contributed by atoms with Crippen molar-refractivity contribution in [1.29, 1.82) is 0 Å². The number of likely N-dealkylation sites (tertiary alicyclic amines) is 1. The number of hydrogen-bond acceptors (Lipinski definition) is 5. The number of halogens is 2. The van der Waals surface area contributed by atoms with E-state index in [1.54, 1.807) is 12.1 Å². The highest BCUT2D eigenvalue weighted by atomic mass is 19.1. The third-order valence-corrected chi connectivity index (χ3v) is 5.40. The van der Waals surface area contributed by atoms with Crippen molar-refractivity contribution < 1.29 is 13.9 Å². The van der Waals surface area contributed by atoms with Crippen LogP contribution in [-0.2, 0) is 0 Å². The predicted octanol–water partition coefficient (Wildman–Crippen LogP) is 2.53. The normalized spacial score (nSPS) is 23.6. The molecule has 7 heteroatoms. The van der Waals surface area contributed by atoms with E-state index in [4.69, 9.17) is 0 Å². The smallest absolute Gasteiger partial charge is 0.225 e. The van der Waals surface area contributed by atoms with Gasteiger partial charge in [0.15, 0.2) is 5.82 Å². The Morgan fingerprint density at radius 1 is 1.04 bits per heavy atom. The highest BCUT2D eigenvalue weighted by molar-refractivity contribution is 5.36. The summed E-state index contributed by atoms with van der Waals surface area (Å²) in [7, 11) is 0. The Bertz CT molecular complexity index is 740. The first-order valence-electron chi connectivity index (χ1n) is 9.02. The van der Waals surface area contributed by atoms with Crippen molar-refractivity contribution >= 4 is 5.95 Å². The van der Waals surface area contributed by atoms with Gasteiger partial charge in [-0.1, -0.05) is 12.1 Å². The molecule has 26 heavy (non-hydrogen) atoms. The van der Waals surface area contributed by atoms with Gasteiger partial charge in [-0.3, -0.25) is 4.90 Å². The van der Waals surface area contributed by atoms with Crippen molar-refractivity contribution in [2.24, 2.45) is 0 Å². The predicted molar refractivity (Wildman–Crippen MR) is 93.7 cm³/mol. The van der Waals surface area contributed by atoms with Crippen LogP contribution in [0.5, 0.6) is 0 Å². The average Bonchev–Trinajstić information content (AvgIpc) is 3.23. The summed E-state index contributed by atoms with van der Waals surface area (Å²) in [6.45, 7) is 2.73. The lowest BCUT2D eigenvalue weighted by atomic mass is 10.0. The van der Waals surface area contributed by atoms with E-state index in [0.29, 0.717) is 24.5 Å². The highest BCUT2D eigenvalue weighted by Crippen LogP contribution is 2.33. The van der Waals surface area contributed by atoms with Gasteiger partial charge in [-0.15, -0.1) is 0 Å². The number of anilines is 1. The zero-order valence-electron chi connectivity index (χ0n) is 14.4. The molecule has 2 fully saturated rings. The summed E-state index contributed by atoms with van der Waals surface area (Å²) >= 11 is 0. The van der Waals surface area contributed by atoms with Gasteiger partial charge in [-0.25, -0.2) is 18.7 Å². The van der Waals surface area contributed by atoms with E-state index in [1.165, 1.54) is 24.5 Å². The lowest BCUT2D eigenvalue weighted by molar-refractivity contribution is 0.151. The number of piperazine rings is 1. The maximum absolute atomic E-state index is 13.0. The van der Waals surface area contributed by atoms with Crippen molar-refractivity contribution in [2.45, 2.75) is 37.5 Å². The molecule has 0 amide bonds. The van der Waals surface area contributed by atoms with Gasteiger partial charge in [0.1, 0.15) is 5.82 Å². The summed E-state index contributed by atoms with van der Waals surface area (Å²) < 4.78 is 25.9. The van der Waals surface area contributed by atoms with Gasteiger partial charge in [0, 0.05) is 25.2 Å². The second-order valence-corrected chi connectivity index (χ2v) is 7.10. The van der Waals surface area contributed by atoms with Gasteiger partial charge < -0.3 is 10.0 Å². The molecule has 0 spiro atoms. The molecule has 1 aromatic heterocycles. The Balaban J connectivity index is 1.25. The lowest BCUT2D eigenvalue weighted by Gasteiger charge is -2.34. The van der Waals surface area contributed by atoms with Crippen LogP contribution < -0.4 is 4.90 Å². The molecule has 1 aromatic carbocycles. The van der Waals surface area contributed by atoms with E-state index < -0.39 is 11.9 Å². The van der Waals surface area contributed by atoms with Crippen LogP contribution in [0.15, 0.2) is 36.7 Å². The molecule has 2 aliphatic heterocycles. The molecule has 2 aliphatic rings. The Kier molecular flexibility index (Phi) is 4.82. The molecule has 3 atom stereocenters. The van der Waals surface area contributed by atoms with Gasteiger partial charge in [-0.2, -0.15) is 0 Å². The number of nitrogens with zero attached hydrogens (tertiary/aromatic N) is 4. The molecule has 3 heterocycles. The topological polar surface area (TPSA) is 52.5 Å². The van der Waals surface area contributed by atoms with Crippen molar-refractivity contribution in [3.05, 3.63) is 53.9 Å². The third-order valence-electron chi connectivity index (χ3n) is 5.40. The van der Waals surface area contributed by atoms with Crippen LogP contribution in [0.4, 0.5) is 14.7 Å². The summed E-state index contributed by atoms with van der Waals surface area (Å²) in [6, 6.07) is 6.86. The van der Waals surface area contributed by atoms with Crippen LogP contribution in [0, 0.1) is 11.6 Å². The van der Waals surface area contributed by atoms with E-state index in [1.807, 2.05) is 0 Å². The van der Waals surface area contributed by atoms with Crippen LogP contribution in [-0.4, -0.2) is 51.7 Å². The molecule has 2 saturated heterocycles. The molecule has 1 unspecified atom stereocenters. The summed E-state index contributed by atoms with van der Waals surface area (Å²) in [6.07, 6.45) is 4.48. The Morgan fingerprint density at radius 3 is 2.42 bits per heavy atom. The zero-order valence-corrected chi connectivity index (χ0v) is 14.4. The van der Waals surface area contributed by atoms with Crippen LogP contribution in [0.3, 0.4) is 0 Å². The second-order valence-electron chi connectivity index (χ2n) is 7.10. The number of hydrogen-bond donors (Lipinski definition) is 1. The molecule has 2 bridgehead atoms. The molecular formula is C19H22F2N4O. The number of rotatable bonds is 6. The van der Waals surface area contributed by atoms with Gasteiger partial charge in [0.2, 0.25) is 5.95 Å². The third kappa shape index (κ3) is 3.54. The number of fused-ring (bicyclic) bond motifs is 2. The minimum absolute atomic E-state index is 0.288. The average molecular weight is 360 g/mol. The molecule has 5 nitrogen and oxygen atoms in total. The van der Waals surface area contributed by atoms with E-state index in [2.05, 4.69) is 19.8 Å². The minimum Gasteiger partial charge on any atom is -0.388 e. The number of benzene rings is 1. The molecule has 0 saturated carbocycles. The van der Waals surface area contributed by atoms with Gasteiger partial charge in [0.25, 0.3) is 0 Å². The van der Waals surface area contributed by atoms with Crippen molar-refractivity contribution in [2.75, 3.05) is 24.5 Å².